The first kappa shape index (κ1) is 19.6. The minimum absolute atomic E-state index is 0.0499. The number of ether oxygens (including phenoxy) is 2. The Morgan fingerprint density at radius 3 is 2.59 bits per heavy atom. The van der Waals surface area contributed by atoms with Crippen molar-refractivity contribution in [3.63, 3.8) is 0 Å². The molecule has 6 rings (SSSR count). The third-order valence-corrected chi connectivity index (χ3v) is 6.62. The minimum atomic E-state index is -0.0607. The van der Waals surface area contributed by atoms with Crippen LogP contribution in [0.1, 0.15) is 79.1 Å². The molecule has 1 N–H and O–H groups in total. The molecule has 1 atom stereocenters. The molecule has 7 nitrogen and oxygen atoms in total. The van der Waals surface area contributed by atoms with E-state index in [0.29, 0.717) is 30.6 Å². The van der Waals surface area contributed by atoms with Crippen molar-refractivity contribution in [3.05, 3.63) is 47.3 Å². The first-order valence-electron chi connectivity index (χ1n) is 11.7. The zero-order chi connectivity index (χ0) is 21.8. The minimum Gasteiger partial charge on any atom is -0.486 e. The molecule has 0 saturated heterocycles. The molecular formula is C25H28N4O3. The van der Waals surface area contributed by atoms with Gasteiger partial charge in [0.15, 0.2) is 17.1 Å². The van der Waals surface area contributed by atoms with Crippen LogP contribution in [0.3, 0.4) is 0 Å². The molecular weight excluding hydrogens is 404 g/mol. The van der Waals surface area contributed by atoms with Gasteiger partial charge in [0.25, 0.3) is 5.91 Å². The van der Waals surface area contributed by atoms with E-state index < -0.39 is 0 Å². The number of hydrogen-bond acceptors (Lipinski definition) is 5. The van der Waals surface area contributed by atoms with Crippen LogP contribution in [-0.2, 0) is 0 Å². The third kappa shape index (κ3) is 3.49. The van der Waals surface area contributed by atoms with Crippen LogP contribution in [0.15, 0.2) is 30.5 Å². The van der Waals surface area contributed by atoms with Gasteiger partial charge < -0.3 is 14.8 Å². The van der Waals surface area contributed by atoms with Crippen LogP contribution >= 0.6 is 0 Å². The number of hydrogen-bond donors (Lipinski definition) is 1. The summed E-state index contributed by atoms with van der Waals surface area (Å²) in [6.45, 7) is 5.29. The van der Waals surface area contributed by atoms with Gasteiger partial charge in [-0.3, -0.25) is 4.79 Å². The fourth-order valence-electron chi connectivity index (χ4n) is 4.57. The smallest absolute Gasteiger partial charge is 0.252 e. The Kier molecular flexibility index (Phi) is 4.59. The summed E-state index contributed by atoms with van der Waals surface area (Å²) in [5.74, 6) is 2.37. The summed E-state index contributed by atoms with van der Waals surface area (Å²) in [6.07, 6.45) is 6.28. The first-order chi connectivity index (χ1) is 15.6. The largest absolute Gasteiger partial charge is 0.486 e. The lowest BCUT2D eigenvalue weighted by molar-refractivity contribution is 0.0933. The Morgan fingerprint density at radius 1 is 1.09 bits per heavy atom. The van der Waals surface area contributed by atoms with E-state index in [1.807, 2.05) is 28.9 Å². The number of pyridine rings is 1. The summed E-state index contributed by atoms with van der Waals surface area (Å²) in [4.78, 5) is 18.5. The molecule has 2 saturated carbocycles. The second kappa shape index (κ2) is 7.50. The van der Waals surface area contributed by atoms with Crippen molar-refractivity contribution in [2.45, 2.75) is 57.5 Å². The maximum absolute atomic E-state index is 13.6. The van der Waals surface area contributed by atoms with Gasteiger partial charge in [-0.05, 0) is 69.2 Å². The Labute approximate surface area is 187 Å². The van der Waals surface area contributed by atoms with Crippen molar-refractivity contribution in [2.75, 3.05) is 13.2 Å². The molecule has 1 aromatic carbocycles. The number of fused-ring (bicyclic) bond motifs is 2. The van der Waals surface area contributed by atoms with Gasteiger partial charge in [-0.2, -0.15) is 5.10 Å². The van der Waals surface area contributed by atoms with E-state index in [1.165, 1.54) is 0 Å². The van der Waals surface area contributed by atoms with Gasteiger partial charge in [-0.25, -0.2) is 9.67 Å². The van der Waals surface area contributed by atoms with Gasteiger partial charge in [-0.15, -0.1) is 0 Å². The fraction of sp³-hybridized carbons (Fsp3) is 0.480. The van der Waals surface area contributed by atoms with Crippen LogP contribution in [0.25, 0.3) is 11.0 Å². The van der Waals surface area contributed by atoms with Gasteiger partial charge >= 0.3 is 0 Å². The SMILES string of the molecule is CC(C)n1ncc2c(C(=O)NC(c3ccc4c(c3)OCCO4)C3CC3)cc(C3CC3)nc21. The van der Waals surface area contributed by atoms with E-state index in [9.17, 15) is 4.79 Å². The number of nitrogens with one attached hydrogen (secondary N) is 1. The van der Waals surface area contributed by atoms with Crippen LogP contribution in [-0.4, -0.2) is 33.9 Å². The second-order valence-electron chi connectivity index (χ2n) is 9.48. The second-order valence-corrected chi connectivity index (χ2v) is 9.48. The topological polar surface area (TPSA) is 78.3 Å². The molecule has 0 radical (unpaired) electrons. The maximum atomic E-state index is 13.6. The summed E-state index contributed by atoms with van der Waals surface area (Å²) in [6, 6.07) is 8.13. The highest BCUT2D eigenvalue weighted by molar-refractivity contribution is 6.05. The molecule has 2 aliphatic carbocycles. The standard InChI is InChI=1S/C25H28N4O3/c1-14(2)29-24-19(13-26-29)18(12-20(27-24)15-3-4-15)25(30)28-23(16-5-6-16)17-7-8-21-22(11-17)32-10-9-31-21/h7-8,11-16,23H,3-6,9-10H2,1-2H3,(H,28,30). The lowest BCUT2D eigenvalue weighted by atomic mass is 10.0. The molecule has 7 heteroatoms. The number of aromatic nitrogens is 3. The van der Waals surface area contributed by atoms with Gasteiger partial charge in [0, 0.05) is 17.7 Å². The highest BCUT2D eigenvalue weighted by atomic mass is 16.6. The molecule has 1 aliphatic heterocycles. The Balaban J connectivity index is 1.35. The summed E-state index contributed by atoms with van der Waals surface area (Å²) >= 11 is 0. The van der Waals surface area contributed by atoms with Crippen molar-refractivity contribution < 1.29 is 14.3 Å². The Bertz CT molecular complexity index is 1190. The van der Waals surface area contributed by atoms with E-state index in [1.54, 1.807) is 6.20 Å². The van der Waals surface area contributed by atoms with Gasteiger partial charge in [0.2, 0.25) is 0 Å². The van der Waals surface area contributed by atoms with Crippen molar-refractivity contribution in [2.24, 2.45) is 5.92 Å². The molecule has 2 fully saturated rings. The van der Waals surface area contributed by atoms with Gasteiger partial charge in [-0.1, -0.05) is 6.07 Å². The lowest BCUT2D eigenvalue weighted by Gasteiger charge is -2.23. The van der Waals surface area contributed by atoms with Crippen molar-refractivity contribution in [3.8, 4) is 11.5 Å². The molecule has 32 heavy (non-hydrogen) atoms. The molecule has 3 heterocycles. The predicted molar refractivity (Wildman–Crippen MR) is 120 cm³/mol. The average Bonchev–Trinajstić information content (AvgIpc) is 3.73. The van der Waals surface area contributed by atoms with Crippen molar-refractivity contribution in [1.82, 2.24) is 20.1 Å². The van der Waals surface area contributed by atoms with Gasteiger partial charge in [0.1, 0.15) is 13.2 Å². The summed E-state index contributed by atoms with van der Waals surface area (Å²) in [5, 5.41) is 8.69. The molecule has 1 unspecified atom stereocenters. The van der Waals surface area contributed by atoms with Crippen LogP contribution < -0.4 is 14.8 Å². The van der Waals surface area contributed by atoms with Crippen molar-refractivity contribution >= 4 is 16.9 Å². The zero-order valence-corrected chi connectivity index (χ0v) is 18.5. The number of carbonyl (C=O) groups is 1. The monoisotopic (exact) mass is 432 g/mol. The van der Waals surface area contributed by atoms with Crippen LogP contribution in [0.4, 0.5) is 0 Å². The van der Waals surface area contributed by atoms with E-state index in [0.717, 1.165) is 59.5 Å². The van der Waals surface area contributed by atoms with Crippen molar-refractivity contribution in [1.29, 1.82) is 0 Å². The van der Waals surface area contributed by atoms with Gasteiger partial charge in [0.05, 0.1) is 23.2 Å². The molecule has 2 aromatic heterocycles. The molecule has 3 aromatic rings. The molecule has 0 spiro atoms. The number of benzene rings is 1. The van der Waals surface area contributed by atoms with E-state index in [4.69, 9.17) is 14.5 Å². The van der Waals surface area contributed by atoms with E-state index in [-0.39, 0.29) is 18.0 Å². The highest BCUT2D eigenvalue weighted by Crippen LogP contribution is 2.44. The molecule has 1 amide bonds. The van der Waals surface area contributed by atoms with E-state index >= 15 is 0 Å². The third-order valence-electron chi connectivity index (χ3n) is 6.62. The molecule has 3 aliphatic rings. The lowest BCUT2D eigenvalue weighted by Crippen LogP contribution is -2.30. The van der Waals surface area contributed by atoms with Crippen LogP contribution in [0.5, 0.6) is 11.5 Å². The average molecular weight is 433 g/mol. The Hall–Kier alpha value is -3.09. The summed E-state index contributed by atoms with van der Waals surface area (Å²) in [5.41, 5.74) is 3.55. The summed E-state index contributed by atoms with van der Waals surface area (Å²) < 4.78 is 13.4. The number of nitrogens with zero attached hydrogens (tertiary/aromatic N) is 3. The fourth-order valence-corrected chi connectivity index (χ4v) is 4.57. The summed E-state index contributed by atoms with van der Waals surface area (Å²) in [7, 11) is 0. The number of rotatable bonds is 6. The quantitative estimate of drug-likeness (QED) is 0.619. The molecule has 0 bridgehead atoms. The van der Waals surface area contributed by atoms with Crippen LogP contribution in [0.2, 0.25) is 0 Å². The Morgan fingerprint density at radius 2 is 1.88 bits per heavy atom. The maximum Gasteiger partial charge on any atom is 0.252 e. The predicted octanol–water partition coefficient (Wildman–Crippen LogP) is 4.54. The zero-order valence-electron chi connectivity index (χ0n) is 18.5. The molecule has 166 valence electrons. The number of carbonyl (C=O) groups excluding carboxylic acids is 1. The van der Waals surface area contributed by atoms with E-state index in [2.05, 4.69) is 24.3 Å². The first-order valence-corrected chi connectivity index (χ1v) is 11.7. The van der Waals surface area contributed by atoms with Crippen LogP contribution in [0, 0.1) is 5.92 Å². The highest BCUT2D eigenvalue weighted by Gasteiger charge is 2.35. The normalized spacial score (nSPS) is 18.7. The number of amides is 1.